The van der Waals surface area contributed by atoms with Crippen LogP contribution in [0.3, 0.4) is 0 Å². The minimum atomic E-state index is -0.218. The molecule has 5 nitrogen and oxygen atoms in total. The largest absolute Gasteiger partial charge is 0.326 e. The smallest absolute Gasteiger partial charge is 0.227 e. The number of nitrogens with zero attached hydrogens (tertiary/aromatic N) is 2. The first-order valence-corrected chi connectivity index (χ1v) is 10.3. The molecule has 2 aromatic carbocycles. The summed E-state index contributed by atoms with van der Waals surface area (Å²) in [5.41, 5.74) is 2.74. The Kier molecular flexibility index (Phi) is 5.90. The third kappa shape index (κ3) is 4.82. The first-order chi connectivity index (χ1) is 14.1. The lowest BCUT2D eigenvalue weighted by Crippen LogP contribution is -2.37. The highest BCUT2D eigenvalue weighted by Crippen LogP contribution is 2.25. The molecule has 0 spiro atoms. The van der Waals surface area contributed by atoms with Crippen LogP contribution >= 0.6 is 0 Å². The monoisotopic (exact) mass is 395 g/mol. The molecule has 0 aromatic heterocycles. The molecule has 2 aromatic rings. The van der Waals surface area contributed by atoms with Crippen LogP contribution in [0.15, 0.2) is 48.5 Å². The molecular weight excluding hydrogens is 369 g/mol. The second kappa shape index (κ2) is 8.74. The minimum absolute atomic E-state index is 0.000644. The van der Waals surface area contributed by atoms with Crippen molar-refractivity contribution in [3.05, 3.63) is 59.9 Å². The van der Waals surface area contributed by atoms with Crippen molar-refractivity contribution in [1.82, 2.24) is 4.90 Å². The molecule has 4 rings (SSSR count). The van der Waals surface area contributed by atoms with Gasteiger partial charge in [0, 0.05) is 36.8 Å². The lowest BCUT2D eigenvalue weighted by atomic mass is 9.95. The second-order valence-corrected chi connectivity index (χ2v) is 7.86. The first kappa shape index (κ1) is 19.6. The maximum atomic E-state index is 13.0. The summed E-state index contributed by atoms with van der Waals surface area (Å²) < 4.78 is 13.0. The van der Waals surface area contributed by atoms with Crippen LogP contribution in [0.4, 0.5) is 15.8 Å². The third-order valence-corrected chi connectivity index (χ3v) is 5.80. The van der Waals surface area contributed by atoms with Crippen molar-refractivity contribution >= 4 is 23.2 Å². The molecule has 152 valence electrons. The van der Waals surface area contributed by atoms with Crippen molar-refractivity contribution < 1.29 is 14.0 Å². The fourth-order valence-electron chi connectivity index (χ4n) is 4.09. The zero-order chi connectivity index (χ0) is 20.2. The van der Waals surface area contributed by atoms with Crippen molar-refractivity contribution in [3.63, 3.8) is 0 Å². The van der Waals surface area contributed by atoms with Crippen LogP contribution in [0.5, 0.6) is 0 Å². The Balaban J connectivity index is 1.26. The van der Waals surface area contributed by atoms with E-state index in [0.717, 1.165) is 62.4 Å². The molecule has 2 amide bonds. The number of piperidine rings is 1. The third-order valence-electron chi connectivity index (χ3n) is 5.80. The van der Waals surface area contributed by atoms with E-state index in [0.29, 0.717) is 6.42 Å². The van der Waals surface area contributed by atoms with Gasteiger partial charge in [-0.2, -0.15) is 0 Å². The van der Waals surface area contributed by atoms with Gasteiger partial charge in [-0.25, -0.2) is 4.39 Å². The Hall–Kier alpha value is -2.73. The van der Waals surface area contributed by atoms with E-state index in [1.807, 2.05) is 36.4 Å². The van der Waals surface area contributed by atoms with E-state index < -0.39 is 0 Å². The molecule has 2 fully saturated rings. The predicted molar refractivity (Wildman–Crippen MR) is 111 cm³/mol. The molecule has 0 aliphatic carbocycles. The standard InChI is InChI=1S/C23H26FN3O2/c24-19-5-3-17(4-6-19)16-26-14-11-18(12-15-26)23(29)25-20-7-9-21(10-8-20)27-13-1-2-22(27)28/h3-10,18H,1-2,11-16H2,(H,25,29). The molecule has 0 atom stereocenters. The Morgan fingerprint density at radius 1 is 1.00 bits per heavy atom. The number of anilines is 2. The number of likely N-dealkylation sites (tertiary alicyclic amines) is 1. The molecule has 0 saturated carbocycles. The summed E-state index contributed by atoms with van der Waals surface area (Å²) in [5, 5.41) is 3.01. The maximum Gasteiger partial charge on any atom is 0.227 e. The van der Waals surface area contributed by atoms with E-state index >= 15 is 0 Å². The molecule has 2 heterocycles. The van der Waals surface area contributed by atoms with Crippen LogP contribution in [0, 0.1) is 11.7 Å². The molecular formula is C23H26FN3O2. The Bertz CT molecular complexity index is 859. The molecule has 0 unspecified atom stereocenters. The van der Waals surface area contributed by atoms with Crippen LogP contribution < -0.4 is 10.2 Å². The van der Waals surface area contributed by atoms with Crippen LogP contribution in [0.1, 0.15) is 31.2 Å². The van der Waals surface area contributed by atoms with E-state index in [1.165, 1.54) is 12.1 Å². The molecule has 2 aliphatic rings. The molecule has 29 heavy (non-hydrogen) atoms. The van der Waals surface area contributed by atoms with Gasteiger partial charge in [-0.05, 0) is 74.3 Å². The summed E-state index contributed by atoms with van der Waals surface area (Å²) >= 11 is 0. The van der Waals surface area contributed by atoms with Crippen LogP contribution in [0.2, 0.25) is 0 Å². The Labute approximate surface area is 170 Å². The normalized spacial score (nSPS) is 18.2. The number of hydrogen-bond donors (Lipinski definition) is 1. The zero-order valence-electron chi connectivity index (χ0n) is 16.4. The van der Waals surface area contributed by atoms with Gasteiger partial charge in [0.15, 0.2) is 0 Å². The van der Waals surface area contributed by atoms with Crippen LogP contribution in [-0.2, 0) is 16.1 Å². The van der Waals surface area contributed by atoms with Gasteiger partial charge in [0.1, 0.15) is 5.82 Å². The van der Waals surface area contributed by atoms with Crippen molar-refractivity contribution in [2.75, 3.05) is 29.9 Å². The number of hydrogen-bond acceptors (Lipinski definition) is 3. The highest BCUT2D eigenvalue weighted by Gasteiger charge is 2.25. The average Bonchev–Trinajstić information content (AvgIpc) is 3.17. The zero-order valence-corrected chi connectivity index (χ0v) is 16.4. The van der Waals surface area contributed by atoms with E-state index in [1.54, 1.807) is 4.90 Å². The maximum absolute atomic E-state index is 13.0. The highest BCUT2D eigenvalue weighted by atomic mass is 19.1. The summed E-state index contributed by atoms with van der Waals surface area (Å²) in [6, 6.07) is 14.1. The molecule has 1 N–H and O–H groups in total. The molecule has 2 aliphatic heterocycles. The number of carbonyl (C=O) groups is 2. The Morgan fingerprint density at radius 3 is 2.31 bits per heavy atom. The second-order valence-electron chi connectivity index (χ2n) is 7.86. The molecule has 0 radical (unpaired) electrons. The van der Waals surface area contributed by atoms with Gasteiger partial charge < -0.3 is 10.2 Å². The van der Waals surface area contributed by atoms with Gasteiger partial charge in [0.05, 0.1) is 0 Å². The molecule has 2 saturated heterocycles. The van der Waals surface area contributed by atoms with Gasteiger partial charge in [0.2, 0.25) is 11.8 Å². The lowest BCUT2D eigenvalue weighted by Gasteiger charge is -2.31. The van der Waals surface area contributed by atoms with Crippen molar-refractivity contribution in [3.8, 4) is 0 Å². The van der Waals surface area contributed by atoms with E-state index in [9.17, 15) is 14.0 Å². The number of rotatable bonds is 5. The average molecular weight is 395 g/mol. The fourth-order valence-corrected chi connectivity index (χ4v) is 4.09. The number of benzene rings is 2. The van der Waals surface area contributed by atoms with Gasteiger partial charge in [-0.3, -0.25) is 14.5 Å². The van der Waals surface area contributed by atoms with Crippen molar-refractivity contribution in [2.24, 2.45) is 5.92 Å². The number of halogens is 1. The lowest BCUT2D eigenvalue weighted by molar-refractivity contribution is -0.121. The van der Waals surface area contributed by atoms with Crippen LogP contribution in [-0.4, -0.2) is 36.3 Å². The number of amides is 2. The highest BCUT2D eigenvalue weighted by molar-refractivity contribution is 5.96. The summed E-state index contributed by atoms with van der Waals surface area (Å²) in [7, 11) is 0. The summed E-state index contributed by atoms with van der Waals surface area (Å²) in [6.07, 6.45) is 3.14. The number of carbonyl (C=O) groups excluding carboxylic acids is 2. The topological polar surface area (TPSA) is 52.7 Å². The first-order valence-electron chi connectivity index (χ1n) is 10.3. The van der Waals surface area contributed by atoms with E-state index in [4.69, 9.17) is 0 Å². The van der Waals surface area contributed by atoms with E-state index in [-0.39, 0.29) is 23.5 Å². The molecule has 0 bridgehead atoms. The minimum Gasteiger partial charge on any atom is -0.326 e. The van der Waals surface area contributed by atoms with Crippen molar-refractivity contribution in [1.29, 1.82) is 0 Å². The van der Waals surface area contributed by atoms with Gasteiger partial charge in [-0.1, -0.05) is 12.1 Å². The Morgan fingerprint density at radius 2 is 1.69 bits per heavy atom. The van der Waals surface area contributed by atoms with Gasteiger partial charge >= 0.3 is 0 Å². The quantitative estimate of drug-likeness (QED) is 0.838. The van der Waals surface area contributed by atoms with Crippen LogP contribution in [0.25, 0.3) is 0 Å². The molecule has 6 heteroatoms. The van der Waals surface area contributed by atoms with Gasteiger partial charge in [-0.15, -0.1) is 0 Å². The summed E-state index contributed by atoms with van der Waals surface area (Å²) in [4.78, 5) is 28.6. The summed E-state index contributed by atoms with van der Waals surface area (Å²) in [6.45, 7) is 3.25. The fraction of sp³-hybridized carbons (Fsp3) is 0.391. The van der Waals surface area contributed by atoms with Crippen molar-refractivity contribution in [2.45, 2.75) is 32.2 Å². The predicted octanol–water partition coefficient (Wildman–Crippen LogP) is 3.80. The SMILES string of the molecule is O=C(Nc1ccc(N2CCCC2=O)cc1)C1CCN(Cc2ccc(F)cc2)CC1. The van der Waals surface area contributed by atoms with Gasteiger partial charge in [0.25, 0.3) is 0 Å². The van der Waals surface area contributed by atoms with E-state index in [2.05, 4.69) is 10.2 Å². The number of nitrogens with one attached hydrogen (secondary N) is 1. The summed E-state index contributed by atoms with van der Waals surface area (Å²) in [5.74, 6) is -0.00545.